The minimum atomic E-state index is 0.121. The monoisotopic (exact) mass is 232 g/mol. The second kappa shape index (κ2) is 5.45. The highest BCUT2D eigenvalue weighted by Gasteiger charge is 2.02. The topological polar surface area (TPSA) is 51.5 Å². The number of aromatic nitrogens is 3. The van der Waals surface area contributed by atoms with Gasteiger partial charge in [0, 0.05) is 18.8 Å². The Labute approximate surface area is 100 Å². The van der Waals surface area contributed by atoms with Gasteiger partial charge >= 0.3 is 0 Å². The van der Waals surface area contributed by atoms with E-state index in [1.165, 1.54) is 0 Å². The van der Waals surface area contributed by atoms with Crippen LogP contribution in [-0.4, -0.2) is 33.9 Å². The molecule has 1 unspecified atom stereocenters. The maximum absolute atomic E-state index is 5.46. The molecule has 0 aliphatic rings. The van der Waals surface area contributed by atoms with E-state index in [-0.39, 0.29) is 6.10 Å². The summed E-state index contributed by atoms with van der Waals surface area (Å²) in [5.41, 5.74) is 0.828. The van der Waals surface area contributed by atoms with Crippen molar-refractivity contribution in [3.8, 4) is 0 Å². The van der Waals surface area contributed by atoms with Gasteiger partial charge in [0.1, 0.15) is 5.82 Å². The molecule has 1 N–H and O–H groups in total. The third-order valence-electron chi connectivity index (χ3n) is 2.33. The molecular formula is C12H16N4O. The van der Waals surface area contributed by atoms with Crippen LogP contribution >= 0.6 is 0 Å². The van der Waals surface area contributed by atoms with Crippen molar-refractivity contribution in [1.82, 2.24) is 14.6 Å². The zero-order valence-electron chi connectivity index (χ0n) is 9.84. The van der Waals surface area contributed by atoms with Crippen LogP contribution in [0, 0.1) is 0 Å². The maximum Gasteiger partial charge on any atom is 0.157 e. The van der Waals surface area contributed by atoms with Gasteiger partial charge in [-0.25, -0.2) is 9.50 Å². The largest absolute Gasteiger partial charge is 0.373 e. The lowest BCUT2D eigenvalue weighted by Gasteiger charge is -2.13. The first-order valence-electron chi connectivity index (χ1n) is 5.56. The summed E-state index contributed by atoms with van der Waals surface area (Å²) >= 11 is 0. The van der Waals surface area contributed by atoms with Crippen molar-refractivity contribution < 1.29 is 4.74 Å². The summed E-state index contributed by atoms with van der Waals surface area (Å²) in [6.07, 6.45) is 5.46. The fourth-order valence-corrected chi connectivity index (χ4v) is 1.45. The quantitative estimate of drug-likeness (QED) is 0.771. The Morgan fingerprint density at radius 2 is 2.47 bits per heavy atom. The molecule has 2 aromatic heterocycles. The van der Waals surface area contributed by atoms with Crippen molar-refractivity contribution in [3.05, 3.63) is 37.2 Å². The maximum atomic E-state index is 5.46. The number of ether oxygens (including phenoxy) is 1. The van der Waals surface area contributed by atoms with Gasteiger partial charge in [-0.3, -0.25) is 0 Å². The number of anilines is 1. The Kier molecular flexibility index (Phi) is 3.72. The van der Waals surface area contributed by atoms with Gasteiger partial charge in [0.25, 0.3) is 0 Å². The standard InChI is InChI=1S/C12H16N4O/c1-3-8-17-10(2)9-13-11-5-7-16-12(15-11)4-6-14-16/h3-7,10H,1,8-9H2,2H3,(H,13,15). The Hall–Kier alpha value is -1.88. The summed E-state index contributed by atoms with van der Waals surface area (Å²) in [5.74, 6) is 0.826. The van der Waals surface area contributed by atoms with Gasteiger partial charge in [0.15, 0.2) is 5.65 Å². The van der Waals surface area contributed by atoms with E-state index in [1.54, 1.807) is 16.8 Å². The average Bonchev–Trinajstić information content (AvgIpc) is 2.81. The molecule has 0 aliphatic heterocycles. The molecule has 2 aromatic rings. The number of hydrogen-bond acceptors (Lipinski definition) is 4. The van der Waals surface area contributed by atoms with Crippen LogP contribution in [0.1, 0.15) is 6.92 Å². The lowest BCUT2D eigenvalue weighted by molar-refractivity contribution is 0.0979. The molecule has 5 nitrogen and oxygen atoms in total. The van der Waals surface area contributed by atoms with Gasteiger partial charge in [0.2, 0.25) is 0 Å². The minimum Gasteiger partial charge on any atom is -0.373 e. The van der Waals surface area contributed by atoms with E-state index < -0.39 is 0 Å². The highest BCUT2D eigenvalue weighted by atomic mass is 16.5. The first-order valence-corrected chi connectivity index (χ1v) is 5.56. The van der Waals surface area contributed by atoms with Crippen LogP contribution in [0.3, 0.4) is 0 Å². The lowest BCUT2D eigenvalue weighted by atomic mass is 10.4. The van der Waals surface area contributed by atoms with Gasteiger partial charge in [-0.1, -0.05) is 6.08 Å². The molecule has 0 saturated heterocycles. The second-order valence-electron chi connectivity index (χ2n) is 3.76. The summed E-state index contributed by atoms with van der Waals surface area (Å²) in [6, 6.07) is 3.75. The fourth-order valence-electron chi connectivity index (χ4n) is 1.45. The summed E-state index contributed by atoms with van der Waals surface area (Å²) in [7, 11) is 0. The van der Waals surface area contributed by atoms with Gasteiger partial charge in [-0.15, -0.1) is 6.58 Å². The molecule has 90 valence electrons. The molecule has 17 heavy (non-hydrogen) atoms. The third-order valence-corrected chi connectivity index (χ3v) is 2.33. The van der Waals surface area contributed by atoms with Crippen molar-refractivity contribution in [3.63, 3.8) is 0 Å². The number of rotatable bonds is 6. The number of nitrogens with zero attached hydrogens (tertiary/aromatic N) is 3. The van der Waals surface area contributed by atoms with Crippen molar-refractivity contribution in [2.75, 3.05) is 18.5 Å². The predicted octanol–water partition coefficient (Wildman–Crippen LogP) is 1.73. The Morgan fingerprint density at radius 3 is 3.29 bits per heavy atom. The molecule has 0 fully saturated rings. The minimum absolute atomic E-state index is 0.121. The van der Waals surface area contributed by atoms with Crippen LogP contribution in [0.4, 0.5) is 5.82 Å². The van der Waals surface area contributed by atoms with Crippen LogP contribution < -0.4 is 5.32 Å². The Bertz CT molecular complexity index is 494. The van der Waals surface area contributed by atoms with E-state index in [2.05, 4.69) is 22.0 Å². The highest BCUT2D eigenvalue weighted by molar-refractivity contribution is 5.45. The molecular weight excluding hydrogens is 216 g/mol. The van der Waals surface area contributed by atoms with Crippen LogP contribution in [0.15, 0.2) is 37.2 Å². The Morgan fingerprint density at radius 1 is 1.59 bits per heavy atom. The molecule has 0 aliphatic carbocycles. The van der Waals surface area contributed by atoms with Gasteiger partial charge in [-0.2, -0.15) is 5.10 Å². The van der Waals surface area contributed by atoms with Crippen LogP contribution in [0.2, 0.25) is 0 Å². The normalized spacial score (nSPS) is 12.5. The molecule has 0 aromatic carbocycles. The number of nitrogens with one attached hydrogen (secondary N) is 1. The lowest BCUT2D eigenvalue weighted by Crippen LogP contribution is -2.20. The van der Waals surface area contributed by atoms with E-state index in [1.807, 2.05) is 25.3 Å². The Balaban J connectivity index is 1.91. The molecule has 2 heterocycles. The molecule has 0 bridgehead atoms. The fraction of sp³-hybridized carbons (Fsp3) is 0.333. The van der Waals surface area contributed by atoms with E-state index in [4.69, 9.17) is 4.74 Å². The summed E-state index contributed by atoms with van der Waals surface area (Å²) in [4.78, 5) is 4.40. The van der Waals surface area contributed by atoms with Crippen molar-refractivity contribution in [1.29, 1.82) is 0 Å². The zero-order chi connectivity index (χ0) is 12.1. The smallest absolute Gasteiger partial charge is 0.157 e. The average molecular weight is 232 g/mol. The van der Waals surface area contributed by atoms with E-state index in [9.17, 15) is 0 Å². The molecule has 0 saturated carbocycles. The van der Waals surface area contributed by atoms with E-state index >= 15 is 0 Å². The second-order valence-corrected chi connectivity index (χ2v) is 3.76. The van der Waals surface area contributed by atoms with Gasteiger partial charge in [0.05, 0.1) is 18.9 Å². The highest BCUT2D eigenvalue weighted by Crippen LogP contribution is 2.06. The SMILES string of the molecule is C=CCOC(C)CNc1ccn2nccc2n1. The van der Waals surface area contributed by atoms with Gasteiger partial charge in [-0.05, 0) is 13.0 Å². The third kappa shape index (κ3) is 3.04. The van der Waals surface area contributed by atoms with Gasteiger partial charge < -0.3 is 10.1 Å². The van der Waals surface area contributed by atoms with E-state index in [0.717, 1.165) is 11.5 Å². The summed E-state index contributed by atoms with van der Waals surface area (Å²) in [6.45, 7) is 6.90. The van der Waals surface area contributed by atoms with Crippen LogP contribution in [0.25, 0.3) is 5.65 Å². The number of hydrogen-bond donors (Lipinski definition) is 1. The number of fused-ring (bicyclic) bond motifs is 1. The first-order chi connectivity index (χ1) is 8.29. The molecule has 0 amide bonds. The molecule has 2 rings (SSSR count). The van der Waals surface area contributed by atoms with E-state index in [0.29, 0.717) is 13.2 Å². The molecule has 0 spiro atoms. The zero-order valence-corrected chi connectivity index (χ0v) is 9.84. The van der Waals surface area contributed by atoms with Crippen molar-refractivity contribution >= 4 is 11.5 Å². The summed E-state index contributed by atoms with van der Waals surface area (Å²) < 4.78 is 7.18. The van der Waals surface area contributed by atoms with Crippen molar-refractivity contribution in [2.24, 2.45) is 0 Å². The van der Waals surface area contributed by atoms with Crippen LogP contribution in [0.5, 0.6) is 0 Å². The molecule has 5 heteroatoms. The predicted molar refractivity (Wildman–Crippen MR) is 67.1 cm³/mol. The van der Waals surface area contributed by atoms with Crippen LogP contribution in [-0.2, 0) is 4.74 Å². The molecule has 0 radical (unpaired) electrons. The molecule has 1 atom stereocenters. The van der Waals surface area contributed by atoms with Crippen molar-refractivity contribution in [2.45, 2.75) is 13.0 Å². The summed E-state index contributed by atoms with van der Waals surface area (Å²) in [5, 5.41) is 7.31. The first kappa shape index (κ1) is 11.6.